The van der Waals surface area contributed by atoms with Crippen molar-refractivity contribution < 1.29 is 4.42 Å². The molecule has 0 N–H and O–H groups in total. The molecule has 0 saturated heterocycles. The second-order valence-corrected chi connectivity index (χ2v) is 7.72. The summed E-state index contributed by atoms with van der Waals surface area (Å²) in [5.74, 6) is 1.12. The summed E-state index contributed by atoms with van der Waals surface area (Å²) in [6.07, 6.45) is 4.78. The summed E-state index contributed by atoms with van der Waals surface area (Å²) in [7, 11) is 0. The lowest BCUT2D eigenvalue weighted by Gasteiger charge is -2.12. The zero-order valence-electron chi connectivity index (χ0n) is 14.3. The van der Waals surface area contributed by atoms with Crippen molar-refractivity contribution in [3.05, 3.63) is 35.7 Å². The van der Waals surface area contributed by atoms with Crippen LogP contribution < -0.4 is 0 Å². The minimum atomic E-state index is -0.0159. The van der Waals surface area contributed by atoms with Gasteiger partial charge in [-0.3, -0.25) is 0 Å². The van der Waals surface area contributed by atoms with Crippen LogP contribution in [0.1, 0.15) is 55.4 Å². The van der Waals surface area contributed by atoms with E-state index in [1.54, 1.807) is 11.8 Å². The van der Waals surface area contributed by atoms with Crippen LogP contribution in [0.5, 0.6) is 0 Å². The molecule has 0 spiro atoms. The smallest absolute Gasteiger partial charge is 0.247 e. The lowest BCUT2D eigenvalue weighted by atomic mass is 10.1. The lowest BCUT2D eigenvalue weighted by molar-refractivity contribution is 0.422. The Labute approximate surface area is 150 Å². The molecule has 0 bridgehead atoms. The first-order valence-corrected chi connectivity index (χ1v) is 9.43. The first-order valence-electron chi connectivity index (χ1n) is 8.55. The zero-order chi connectivity index (χ0) is 17.2. The van der Waals surface area contributed by atoms with Gasteiger partial charge in [0.05, 0.1) is 11.3 Å². The van der Waals surface area contributed by atoms with Gasteiger partial charge in [-0.25, -0.2) is 4.68 Å². The Morgan fingerprint density at radius 1 is 1.12 bits per heavy atom. The predicted molar refractivity (Wildman–Crippen MR) is 94.1 cm³/mol. The van der Waals surface area contributed by atoms with E-state index < -0.39 is 0 Å². The van der Waals surface area contributed by atoms with E-state index in [1.807, 2.05) is 35.9 Å². The van der Waals surface area contributed by atoms with Crippen molar-refractivity contribution in [3.63, 3.8) is 0 Å². The molecule has 2 aromatic heterocycles. The van der Waals surface area contributed by atoms with Gasteiger partial charge in [0.2, 0.25) is 16.9 Å². The first kappa shape index (κ1) is 16.3. The molecule has 0 aliphatic heterocycles. The van der Waals surface area contributed by atoms with Gasteiger partial charge in [0.25, 0.3) is 0 Å². The predicted octanol–water partition coefficient (Wildman–Crippen LogP) is 4.00. The van der Waals surface area contributed by atoms with Crippen molar-refractivity contribution in [2.75, 3.05) is 0 Å². The largest absolute Gasteiger partial charge is 0.419 e. The van der Waals surface area contributed by atoms with Crippen LogP contribution in [0.3, 0.4) is 0 Å². The number of nitrogens with zero attached hydrogens (tertiary/aromatic N) is 6. The summed E-state index contributed by atoms with van der Waals surface area (Å²) in [6.45, 7) is 4.08. The molecule has 25 heavy (non-hydrogen) atoms. The topological polar surface area (TPSA) is 82.5 Å². The fraction of sp³-hybridized carbons (Fsp3) is 0.471. The number of tetrazole rings is 1. The molecule has 7 nitrogen and oxygen atoms in total. The van der Waals surface area contributed by atoms with Gasteiger partial charge in [-0.2, -0.15) is 0 Å². The first-order chi connectivity index (χ1) is 12.2. The number of aryl methyl sites for hydroxylation is 1. The van der Waals surface area contributed by atoms with Crippen molar-refractivity contribution in [2.45, 2.75) is 56.0 Å². The highest BCUT2D eigenvalue weighted by molar-refractivity contribution is 7.99. The summed E-state index contributed by atoms with van der Waals surface area (Å²) in [5.41, 5.74) is 2.13. The SMILES string of the molecule is Cc1ccc(-c2nnc(C(C)Sc3nnnn3C3CCCC3)o2)cc1. The molecule has 4 rings (SSSR count). The molecule has 1 saturated carbocycles. The number of aromatic nitrogens is 6. The van der Waals surface area contributed by atoms with E-state index >= 15 is 0 Å². The van der Waals surface area contributed by atoms with Crippen molar-refractivity contribution >= 4 is 11.8 Å². The summed E-state index contributed by atoms with van der Waals surface area (Å²) >= 11 is 1.56. The number of hydrogen-bond donors (Lipinski definition) is 0. The Balaban J connectivity index is 1.49. The highest BCUT2D eigenvalue weighted by atomic mass is 32.2. The maximum atomic E-state index is 5.86. The van der Waals surface area contributed by atoms with Gasteiger partial charge in [-0.1, -0.05) is 42.3 Å². The molecular formula is C17H20N6OS. The number of thioether (sulfide) groups is 1. The van der Waals surface area contributed by atoms with Crippen molar-refractivity contribution in [2.24, 2.45) is 0 Å². The van der Waals surface area contributed by atoms with Gasteiger partial charge in [-0.05, 0) is 49.2 Å². The van der Waals surface area contributed by atoms with Gasteiger partial charge < -0.3 is 4.42 Å². The van der Waals surface area contributed by atoms with Crippen LogP contribution in [0, 0.1) is 6.92 Å². The molecule has 130 valence electrons. The lowest BCUT2D eigenvalue weighted by Crippen LogP contribution is -2.08. The maximum absolute atomic E-state index is 5.86. The van der Waals surface area contributed by atoms with Crippen molar-refractivity contribution in [1.29, 1.82) is 0 Å². The molecule has 0 amide bonds. The summed E-state index contributed by atoms with van der Waals surface area (Å²) in [6, 6.07) is 8.46. The van der Waals surface area contributed by atoms with Gasteiger partial charge in [0.15, 0.2) is 0 Å². The Kier molecular flexibility index (Phi) is 4.52. The number of benzene rings is 1. The molecule has 1 aromatic carbocycles. The molecule has 1 aliphatic rings. The third-order valence-corrected chi connectivity index (χ3v) is 5.54. The molecule has 3 aromatic rings. The van der Waals surface area contributed by atoms with Gasteiger partial charge in [-0.15, -0.1) is 15.3 Å². The fourth-order valence-corrected chi connectivity index (χ4v) is 3.95. The van der Waals surface area contributed by atoms with E-state index in [1.165, 1.54) is 18.4 Å². The standard InChI is InChI=1S/C17H20N6OS/c1-11-7-9-13(10-8-11)16-19-18-15(24-16)12(2)25-17-20-21-22-23(17)14-5-3-4-6-14/h7-10,12,14H,3-6H2,1-2H3. The molecule has 1 aliphatic carbocycles. The van der Waals surface area contributed by atoms with Crippen molar-refractivity contribution in [1.82, 2.24) is 30.4 Å². The minimum Gasteiger partial charge on any atom is -0.419 e. The molecule has 0 radical (unpaired) electrons. The van der Waals surface area contributed by atoms with Crippen LogP contribution in [0.2, 0.25) is 0 Å². The van der Waals surface area contributed by atoms with E-state index in [0.29, 0.717) is 17.8 Å². The van der Waals surface area contributed by atoms with Crippen LogP contribution in [0.15, 0.2) is 33.8 Å². The zero-order valence-corrected chi connectivity index (χ0v) is 15.1. The summed E-state index contributed by atoms with van der Waals surface area (Å²) in [4.78, 5) is 0. The van der Waals surface area contributed by atoms with Crippen LogP contribution in [-0.2, 0) is 0 Å². The Bertz CT molecular complexity index is 837. The average Bonchev–Trinajstić information content (AvgIpc) is 3.36. The maximum Gasteiger partial charge on any atom is 0.247 e. The summed E-state index contributed by atoms with van der Waals surface area (Å²) < 4.78 is 7.81. The Hall–Kier alpha value is -2.22. The fourth-order valence-electron chi connectivity index (χ4n) is 3.06. The van der Waals surface area contributed by atoms with E-state index in [-0.39, 0.29) is 5.25 Å². The highest BCUT2D eigenvalue weighted by Gasteiger charge is 2.24. The molecule has 1 unspecified atom stereocenters. The van der Waals surface area contributed by atoms with E-state index in [4.69, 9.17) is 4.42 Å². The molecule has 1 atom stereocenters. The van der Waals surface area contributed by atoms with Crippen LogP contribution in [0.25, 0.3) is 11.5 Å². The van der Waals surface area contributed by atoms with Gasteiger partial charge in [0, 0.05) is 5.56 Å². The molecular weight excluding hydrogens is 336 g/mol. The third-order valence-electron chi connectivity index (χ3n) is 4.50. The molecule has 2 heterocycles. The molecule has 8 heteroatoms. The molecule has 1 fully saturated rings. The second kappa shape index (κ2) is 6.95. The van der Waals surface area contributed by atoms with Gasteiger partial charge in [0.1, 0.15) is 0 Å². The van der Waals surface area contributed by atoms with Crippen LogP contribution >= 0.6 is 11.8 Å². The van der Waals surface area contributed by atoms with E-state index in [2.05, 4.69) is 32.6 Å². The van der Waals surface area contributed by atoms with Crippen molar-refractivity contribution in [3.8, 4) is 11.5 Å². The minimum absolute atomic E-state index is 0.0159. The van der Waals surface area contributed by atoms with E-state index in [0.717, 1.165) is 23.6 Å². The van der Waals surface area contributed by atoms with E-state index in [9.17, 15) is 0 Å². The Morgan fingerprint density at radius 3 is 2.64 bits per heavy atom. The highest BCUT2D eigenvalue weighted by Crippen LogP contribution is 2.37. The third kappa shape index (κ3) is 3.44. The average molecular weight is 356 g/mol. The second-order valence-electron chi connectivity index (χ2n) is 6.42. The van der Waals surface area contributed by atoms with Gasteiger partial charge >= 0.3 is 0 Å². The summed E-state index contributed by atoms with van der Waals surface area (Å²) in [5, 5.41) is 21.4. The van der Waals surface area contributed by atoms with Crippen LogP contribution in [0.4, 0.5) is 0 Å². The number of hydrogen-bond acceptors (Lipinski definition) is 7. The normalized spacial score (nSPS) is 16.4. The van der Waals surface area contributed by atoms with Crippen LogP contribution in [-0.4, -0.2) is 30.4 Å². The number of rotatable bonds is 5. The Morgan fingerprint density at radius 2 is 1.88 bits per heavy atom. The quantitative estimate of drug-likeness (QED) is 0.639. The monoisotopic (exact) mass is 356 g/mol.